The van der Waals surface area contributed by atoms with Gasteiger partial charge in [0.05, 0.1) is 19.3 Å². The number of carbonyl (C=O) groups is 1. The molecule has 2 aromatic carbocycles. The summed E-state index contributed by atoms with van der Waals surface area (Å²) in [6.45, 7) is 16.0. The van der Waals surface area contributed by atoms with Crippen LogP contribution in [0.1, 0.15) is 42.3 Å². The fourth-order valence-corrected chi connectivity index (χ4v) is 3.55. The van der Waals surface area contributed by atoms with Crippen molar-refractivity contribution in [3.63, 3.8) is 0 Å². The van der Waals surface area contributed by atoms with Gasteiger partial charge in [0.1, 0.15) is 24.7 Å². The minimum absolute atomic E-state index is 0.160. The van der Waals surface area contributed by atoms with Crippen LogP contribution in [0.25, 0.3) is 0 Å². The van der Waals surface area contributed by atoms with E-state index in [9.17, 15) is 4.79 Å². The zero-order valence-corrected chi connectivity index (χ0v) is 20.5. The number of hydrogen-bond donors (Lipinski definition) is 0. The summed E-state index contributed by atoms with van der Waals surface area (Å²) in [5, 5.41) is 0.160. The van der Waals surface area contributed by atoms with Crippen LogP contribution in [0.2, 0.25) is 18.1 Å². The van der Waals surface area contributed by atoms with Crippen molar-refractivity contribution < 1.29 is 23.4 Å². The Labute approximate surface area is 187 Å². The van der Waals surface area contributed by atoms with Gasteiger partial charge in [-0.05, 0) is 54.0 Å². The van der Waals surface area contributed by atoms with Crippen molar-refractivity contribution in [2.24, 2.45) is 0 Å². The molecule has 31 heavy (non-hydrogen) atoms. The second kappa shape index (κ2) is 10.6. The molecule has 0 aliphatic heterocycles. The van der Waals surface area contributed by atoms with Crippen molar-refractivity contribution in [1.82, 2.24) is 0 Å². The van der Waals surface area contributed by atoms with Crippen LogP contribution in [0.5, 0.6) is 11.5 Å². The third kappa shape index (κ3) is 6.97. The molecule has 5 nitrogen and oxygen atoms in total. The molecule has 0 heterocycles. The van der Waals surface area contributed by atoms with E-state index in [4.69, 9.17) is 18.6 Å². The summed E-state index contributed by atoms with van der Waals surface area (Å²) in [7, 11) is -0.467. The molecule has 2 rings (SSSR count). The molecule has 0 saturated carbocycles. The van der Waals surface area contributed by atoms with Crippen molar-refractivity contribution in [3.8, 4) is 11.5 Å². The molecule has 0 aliphatic carbocycles. The molecule has 0 N–H and O–H groups in total. The lowest BCUT2D eigenvalue weighted by Gasteiger charge is -2.36. The second-order valence-corrected chi connectivity index (χ2v) is 13.7. The Hall–Kier alpha value is -2.57. The Morgan fingerprint density at radius 2 is 1.81 bits per heavy atom. The van der Waals surface area contributed by atoms with E-state index < -0.39 is 14.3 Å². The number of hydrogen-bond acceptors (Lipinski definition) is 5. The molecule has 0 radical (unpaired) electrons. The zero-order valence-electron chi connectivity index (χ0n) is 19.5. The van der Waals surface area contributed by atoms with Crippen molar-refractivity contribution in [3.05, 3.63) is 71.8 Å². The zero-order chi connectivity index (χ0) is 23.1. The lowest BCUT2D eigenvalue weighted by atomic mass is 10.1. The average Bonchev–Trinajstić information content (AvgIpc) is 2.74. The van der Waals surface area contributed by atoms with Crippen LogP contribution in [-0.2, 0) is 22.4 Å². The molecule has 0 fully saturated rings. The first-order valence-electron chi connectivity index (χ1n) is 10.4. The Balaban J connectivity index is 2.12. The maximum absolute atomic E-state index is 11.9. The van der Waals surface area contributed by atoms with Gasteiger partial charge in [0.15, 0.2) is 8.32 Å². The van der Waals surface area contributed by atoms with Gasteiger partial charge < -0.3 is 18.6 Å². The van der Waals surface area contributed by atoms with Crippen molar-refractivity contribution in [2.75, 3.05) is 13.7 Å². The number of benzene rings is 2. The van der Waals surface area contributed by atoms with Gasteiger partial charge in [-0.2, -0.15) is 0 Å². The molecular formula is C25H34O5Si. The number of rotatable bonds is 10. The number of ether oxygens (including phenoxy) is 3. The van der Waals surface area contributed by atoms with E-state index in [1.54, 1.807) is 24.3 Å². The van der Waals surface area contributed by atoms with Crippen molar-refractivity contribution in [1.29, 1.82) is 0 Å². The first-order chi connectivity index (χ1) is 14.6. The first-order valence-corrected chi connectivity index (χ1v) is 13.3. The SMILES string of the molecule is C=CCOc1ccc(C(=O)OC)cc1COc1cccc(CO[Si](C)(C)C(C)(C)C)c1. The van der Waals surface area contributed by atoms with Crippen LogP contribution < -0.4 is 9.47 Å². The summed E-state index contributed by atoms with van der Waals surface area (Å²) < 4.78 is 22.9. The fraction of sp³-hybridized carbons (Fsp3) is 0.400. The minimum Gasteiger partial charge on any atom is -0.489 e. The van der Waals surface area contributed by atoms with Crippen LogP contribution in [0, 0.1) is 0 Å². The van der Waals surface area contributed by atoms with Gasteiger partial charge in [-0.25, -0.2) is 4.79 Å². The molecule has 6 heteroatoms. The number of carbonyl (C=O) groups excluding carboxylic acids is 1. The van der Waals surface area contributed by atoms with Crippen LogP contribution in [-0.4, -0.2) is 28.0 Å². The lowest BCUT2D eigenvalue weighted by Crippen LogP contribution is -2.40. The minimum atomic E-state index is -1.83. The van der Waals surface area contributed by atoms with Gasteiger partial charge in [0.2, 0.25) is 0 Å². The highest BCUT2D eigenvalue weighted by Crippen LogP contribution is 2.37. The fourth-order valence-electron chi connectivity index (χ4n) is 2.59. The monoisotopic (exact) mass is 442 g/mol. The highest BCUT2D eigenvalue weighted by atomic mass is 28.4. The molecule has 168 valence electrons. The summed E-state index contributed by atoms with van der Waals surface area (Å²) in [5.74, 6) is 0.973. The van der Waals surface area contributed by atoms with Gasteiger partial charge in [-0.1, -0.05) is 45.6 Å². The normalized spacial score (nSPS) is 11.7. The van der Waals surface area contributed by atoms with E-state index in [1.165, 1.54) is 7.11 Å². The topological polar surface area (TPSA) is 54.0 Å². The Bertz CT molecular complexity index is 899. The summed E-state index contributed by atoms with van der Waals surface area (Å²) in [5.41, 5.74) is 2.27. The largest absolute Gasteiger partial charge is 0.489 e. The Kier molecular flexibility index (Phi) is 8.48. The third-order valence-electron chi connectivity index (χ3n) is 5.54. The molecule has 0 spiro atoms. The number of esters is 1. The summed E-state index contributed by atoms with van der Waals surface area (Å²) in [6.07, 6.45) is 1.67. The van der Waals surface area contributed by atoms with Crippen molar-refractivity contribution >= 4 is 14.3 Å². The average molecular weight is 443 g/mol. The van der Waals surface area contributed by atoms with Gasteiger partial charge in [0, 0.05) is 5.56 Å². The maximum atomic E-state index is 11.9. The van der Waals surface area contributed by atoms with E-state index in [0.717, 1.165) is 16.9 Å². The van der Waals surface area contributed by atoms with E-state index in [1.807, 2.05) is 24.3 Å². The highest BCUT2D eigenvalue weighted by Gasteiger charge is 2.37. The highest BCUT2D eigenvalue weighted by molar-refractivity contribution is 6.74. The van der Waals surface area contributed by atoms with Gasteiger partial charge in [0.25, 0.3) is 0 Å². The third-order valence-corrected chi connectivity index (χ3v) is 10.0. The molecule has 0 saturated heterocycles. The molecular weight excluding hydrogens is 408 g/mol. The lowest BCUT2D eigenvalue weighted by molar-refractivity contribution is 0.0600. The molecule has 0 bridgehead atoms. The van der Waals surface area contributed by atoms with Crippen LogP contribution in [0.3, 0.4) is 0 Å². The quantitative estimate of drug-likeness (QED) is 0.251. The predicted octanol–water partition coefficient (Wildman–Crippen LogP) is 6.14. The summed E-state index contributed by atoms with van der Waals surface area (Å²) in [6, 6.07) is 13.0. The maximum Gasteiger partial charge on any atom is 0.337 e. The van der Waals surface area contributed by atoms with Crippen LogP contribution >= 0.6 is 0 Å². The van der Waals surface area contributed by atoms with Gasteiger partial charge >= 0.3 is 5.97 Å². The molecule has 0 unspecified atom stereocenters. The van der Waals surface area contributed by atoms with E-state index in [0.29, 0.717) is 24.5 Å². The van der Waals surface area contributed by atoms with Crippen LogP contribution in [0.4, 0.5) is 0 Å². The van der Waals surface area contributed by atoms with Crippen LogP contribution in [0.15, 0.2) is 55.1 Å². The Morgan fingerprint density at radius 3 is 2.45 bits per heavy atom. The van der Waals surface area contributed by atoms with Gasteiger partial charge in [-0.3, -0.25) is 0 Å². The predicted molar refractivity (Wildman–Crippen MR) is 126 cm³/mol. The molecule has 0 aromatic heterocycles. The van der Waals surface area contributed by atoms with Gasteiger partial charge in [-0.15, -0.1) is 0 Å². The smallest absolute Gasteiger partial charge is 0.337 e. The Morgan fingerprint density at radius 1 is 1.06 bits per heavy atom. The molecule has 0 atom stereocenters. The number of methoxy groups -OCH3 is 1. The van der Waals surface area contributed by atoms with E-state index in [-0.39, 0.29) is 11.6 Å². The standard InChI is InChI=1S/C25H34O5Si/c1-8-14-28-23-13-12-20(24(26)27-5)16-21(23)18-29-22-11-9-10-19(15-22)17-30-31(6,7)25(2,3)4/h8-13,15-16H,1,14,17-18H2,2-7H3. The first kappa shape index (κ1) is 24.7. The molecule has 0 amide bonds. The molecule has 2 aromatic rings. The second-order valence-electron chi connectivity index (χ2n) is 8.90. The van der Waals surface area contributed by atoms with E-state index in [2.05, 4.69) is 40.4 Å². The summed E-state index contributed by atoms with van der Waals surface area (Å²) >= 11 is 0. The summed E-state index contributed by atoms with van der Waals surface area (Å²) in [4.78, 5) is 11.9. The van der Waals surface area contributed by atoms with Crippen molar-refractivity contribution in [2.45, 2.75) is 52.1 Å². The molecule has 0 aliphatic rings. The van der Waals surface area contributed by atoms with E-state index >= 15 is 0 Å².